The van der Waals surface area contributed by atoms with Gasteiger partial charge in [-0.25, -0.2) is 9.59 Å². The summed E-state index contributed by atoms with van der Waals surface area (Å²) >= 11 is 0. The Morgan fingerprint density at radius 2 is 1.90 bits per heavy atom. The van der Waals surface area contributed by atoms with E-state index in [-0.39, 0.29) is 6.61 Å². The minimum absolute atomic E-state index is 0.0226. The van der Waals surface area contributed by atoms with E-state index in [1.54, 1.807) is 18.3 Å². The zero-order valence-electron chi connectivity index (χ0n) is 16.3. The lowest BCUT2D eigenvalue weighted by Gasteiger charge is -2.09. The van der Waals surface area contributed by atoms with Crippen molar-refractivity contribution in [2.45, 2.75) is 32.4 Å². The van der Waals surface area contributed by atoms with Gasteiger partial charge in [0.25, 0.3) is 0 Å². The molecule has 0 saturated carbocycles. The maximum Gasteiger partial charge on any atom is 0.338 e. The van der Waals surface area contributed by atoms with E-state index in [1.807, 2.05) is 35.1 Å². The Kier molecular flexibility index (Phi) is 4.67. The molecule has 30 heavy (non-hydrogen) atoms. The molecule has 0 bridgehead atoms. The van der Waals surface area contributed by atoms with Crippen LogP contribution in [0.1, 0.15) is 39.0 Å². The van der Waals surface area contributed by atoms with Crippen molar-refractivity contribution in [3.63, 3.8) is 0 Å². The Hall–Kier alpha value is -3.67. The van der Waals surface area contributed by atoms with Gasteiger partial charge >= 0.3 is 11.6 Å². The molecule has 0 N–H and O–H groups in total. The molecule has 6 nitrogen and oxygen atoms in total. The highest BCUT2D eigenvalue weighted by atomic mass is 16.5. The Morgan fingerprint density at radius 3 is 2.67 bits per heavy atom. The fraction of sp³-hybridized carbons (Fsp3) is 0.208. The summed E-state index contributed by atoms with van der Waals surface area (Å²) in [5, 5.41) is 5.01. The molecule has 150 valence electrons. The van der Waals surface area contributed by atoms with Crippen LogP contribution in [0.25, 0.3) is 11.0 Å². The first-order valence-corrected chi connectivity index (χ1v) is 9.98. The van der Waals surface area contributed by atoms with E-state index in [1.165, 1.54) is 17.2 Å². The van der Waals surface area contributed by atoms with E-state index < -0.39 is 11.6 Å². The molecule has 4 aromatic rings. The van der Waals surface area contributed by atoms with Gasteiger partial charge in [-0.2, -0.15) is 5.10 Å². The molecule has 6 heteroatoms. The first-order valence-electron chi connectivity index (χ1n) is 9.98. The van der Waals surface area contributed by atoms with E-state index in [2.05, 4.69) is 11.2 Å². The Balaban J connectivity index is 1.32. The summed E-state index contributed by atoms with van der Waals surface area (Å²) in [5.41, 5.74) is 4.79. The molecule has 1 aliphatic carbocycles. The molecule has 0 atom stereocenters. The number of esters is 1. The highest BCUT2D eigenvalue weighted by Gasteiger charge is 2.16. The number of hydrogen-bond donors (Lipinski definition) is 0. The van der Waals surface area contributed by atoms with Gasteiger partial charge < -0.3 is 9.15 Å². The molecule has 2 aromatic heterocycles. The van der Waals surface area contributed by atoms with Crippen LogP contribution >= 0.6 is 0 Å². The van der Waals surface area contributed by atoms with E-state index in [9.17, 15) is 9.59 Å². The van der Waals surface area contributed by atoms with Gasteiger partial charge in [-0.1, -0.05) is 12.1 Å². The number of hydrogen-bond acceptors (Lipinski definition) is 5. The van der Waals surface area contributed by atoms with Crippen molar-refractivity contribution in [2.24, 2.45) is 0 Å². The molecule has 0 amide bonds. The van der Waals surface area contributed by atoms with E-state index >= 15 is 0 Å². The van der Waals surface area contributed by atoms with Gasteiger partial charge in [-0.15, -0.1) is 0 Å². The Morgan fingerprint density at radius 1 is 1.10 bits per heavy atom. The van der Waals surface area contributed by atoms with E-state index in [0.717, 1.165) is 30.2 Å². The van der Waals surface area contributed by atoms with Gasteiger partial charge in [0.1, 0.15) is 12.2 Å². The number of ether oxygens (including phenoxy) is 1. The quantitative estimate of drug-likeness (QED) is 0.375. The van der Waals surface area contributed by atoms with E-state index in [0.29, 0.717) is 23.3 Å². The van der Waals surface area contributed by atoms with Crippen LogP contribution in [-0.2, 0) is 30.7 Å². The third-order valence-corrected chi connectivity index (χ3v) is 5.49. The number of benzene rings is 2. The van der Waals surface area contributed by atoms with Gasteiger partial charge in [-0.05, 0) is 66.3 Å². The molecular formula is C24H20N2O4. The Bertz CT molecular complexity index is 1270. The monoisotopic (exact) mass is 400 g/mol. The fourth-order valence-electron chi connectivity index (χ4n) is 3.97. The van der Waals surface area contributed by atoms with Crippen LogP contribution in [0.15, 0.2) is 70.1 Å². The largest absolute Gasteiger partial charge is 0.457 e. The summed E-state index contributed by atoms with van der Waals surface area (Å²) in [4.78, 5) is 24.5. The second kappa shape index (κ2) is 7.63. The van der Waals surface area contributed by atoms with Crippen molar-refractivity contribution in [3.8, 4) is 0 Å². The van der Waals surface area contributed by atoms with Crippen molar-refractivity contribution in [3.05, 3.63) is 99.2 Å². The molecule has 2 heterocycles. The van der Waals surface area contributed by atoms with Crippen LogP contribution < -0.4 is 5.63 Å². The van der Waals surface area contributed by atoms with Crippen LogP contribution in [0, 0.1) is 0 Å². The highest BCUT2D eigenvalue weighted by Crippen LogP contribution is 2.28. The lowest BCUT2D eigenvalue weighted by molar-refractivity contribution is 0.0474. The van der Waals surface area contributed by atoms with Crippen molar-refractivity contribution in [1.82, 2.24) is 9.78 Å². The average molecular weight is 400 g/mol. The third kappa shape index (κ3) is 3.64. The fourth-order valence-corrected chi connectivity index (χ4v) is 3.97. The molecule has 0 aliphatic heterocycles. The standard InChI is InChI=1S/C24H20N2O4/c27-23-13-20(21-11-18-3-1-4-19(18)12-22(21)30-23)15-29-24(28)17-7-5-16(6-8-17)14-26-10-2-9-25-26/h2,5-13H,1,3-4,14-15H2. The number of fused-ring (bicyclic) bond motifs is 2. The minimum atomic E-state index is -0.436. The van der Waals surface area contributed by atoms with Gasteiger partial charge in [0.2, 0.25) is 0 Å². The summed E-state index contributed by atoms with van der Waals surface area (Å²) < 4.78 is 12.7. The molecule has 5 rings (SSSR count). The SMILES string of the molecule is O=C(OCc1cc(=O)oc2cc3c(cc12)CCC3)c1ccc(Cn2cccn2)cc1. The van der Waals surface area contributed by atoms with Crippen LogP contribution in [0.4, 0.5) is 0 Å². The van der Waals surface area contributed by atoms with Crippen LogP contribution in [-0.4, -0.2) is 15.7 Å². The zero-order chi connectivity index (χ0) is 20.5. The lowest BCUT2D eigenvalue weighted by Crippen LogP contribution is -2.08. The van der Waals surface area contributed by atoms with Crippen molar-refractivity contribution >= 4 is 16.9 Å². The molecule has 2 aromatic carbocycles. The number of rotatable bonds is 5. The summed E-state index contributed by atoms with van der Waals surface area (Å²) in [6.07, 6.45) is 6.75. The van der Waals surface area contributed by atoms with Gasteiger partial charge in [-0.3, -0.25) is 4.68 Å². The predicted octanol–water partition coefficient (Wildman–Crippen LogP) is 3.88. The van der Waals surface area contributed by atoms with Gasteiger partial charge in [0.15, 0.2) is 0 Å². The molecule has 1 aliphatic rings. The second-order valence-corrected chi connectivity index (χ2v) is 7.54. The zero-order valence-corrected chi connectivity index (χ0v) is 16.3. The first-order chi connectivity index (χ1) is 14.7. The van der Waals surface area contributed by atoms with Crippen molar-refractivity contribution < 1.29 is 13.9 Å². The molecule has 0 spiro atoms. The highest BCUT2D eigenvalue weighted by molar-refractivity contribution is 5.89. The number of aryl methyl sites for hydroxylation is 2. The molecular weight excluding hydrogens is 380 g/mol. The normalized spacial score (nSPS) is 12.8. The average Bonchev–Trinajstić information content (AvgIpc) is 3.42. The van der Waals surface area contributed by atoms with Crippen molar-refractivity contribution in [1.29, 1.82) is 0 Å². The predicted molar refractivity (Wildman–Crippen MR) is 111 cm³/mol. The molecule has 0 fully saturated rings. The first kappa shape index (κ1) is 18.4. The smallest absolute Gasteiger partial charge is 0.338 e. The molecule has 0 unspecified atom stereocenters. The Labute approximate surface area is 172 Å². The van der Waals surface area contributed by atoms with Gasteiger partial charge in [0.05, 0.1) is 12.1 Å². The maximum absolute atomic E-state index is 12.5. The topological polar surface area (TPSA) is 74.3 Å². The second-order valence-electron chi connectivity index (χ2n) is 7.54. The van der Waals surface area contributed by atoms with Crippen LogP contribution in [0.5, 0.6) is 0 Å². The summed E-state index contributed by atoms with van der Waals surface area (Å²) in [5.74, 6) is -0.428. The third-order valence-electron chi connectivity index (χ3n) is 5.49. The number of aromatic nitrogens is 2. The number of nitrogens with zero attached hydrogens (tertiary/aromatic N) is 2. The van der Waals surface area contributed by atoms with Crippen molar-refractivity contribution in [2.75, 3.05) is 0 Å². The number of carbonyl (C=O) groups is 1. The summed E-state index contributed by atoms with van der Waals surface area (Å²) in [6.45, 7) is 0.660. The summed E-state index contributed by atoms with van der Waals surface area (Å²) in [6, 6.07) is 14.5. The lowest BCUT2D eigenvalue weighted by atomic mass is 10.0. The summed E-state index contributed by atoms with van der Waals surface area (Å²) in [7, 11) is 0. The maximum atomic E-state index is 12.5. The molecule has 0 radical (unpaired) electrons. The minimum Gasteiger partial charge on any atom is -0.457 e. The van der Waals surface area contributed by atoms with E-state index in [4.69, 9.17) is 9.15 Å². The number of carbonyl (C=O) groups excluding carboxylic acids is 1. The van der Waals surface area contributed by atoms with Crippen LogP contribution in [0.2, 0.25) is 0 Å². The van der Waals surface area contributed by atoms with Gasteiger partial charge in [0, 0.05) is 29.4 Å². The molecule has 0 saturated heterocycles. The van der Waals surface area contributed by atoms with Crippen LogP contribution in [0.3, 0.4) is 0 Å².